The van der Waals surface area contributed by atoms with Crippen LogP contribution in [0.2, 0.25) is 0 Å². The molecule has 2 amide bonds. The van der Waals surface area contributed by atoms with Crippen molar-refractivity contribution >= 4 is 40.6 Å². The fourth-order valence-corrected chi connectivity index (χ4v) is 2.92. The van der Waals surface area contributed by atoms with Crippen LogP contribution in [-0.4, -0.2) is 22.0 Å². The minimum absolute atomic E-state index is 0.150. The number of anilines is 2. The van der Waals surface area contributed by atoms with E-state index in [1.54, 1.807) is 31.2 Å². The van der Waals surface area contributed by atoms with Gasteiger partial charge in [-0.25, -0.2) is 0 Å². The molecule has 0 spiro atoms. The van der Waals surface area contributed by atoms with E-state index in [0.29, 0.717) is 5.69 Å². The Morgan fingerprint density at radius 2 is 1.73 bits per heavy atom. The lowest BCUT2D eigenvalue weighted by atomic mass is 10.2. The predicted octanol–water partition coefficient (Wildman–Crippen LogP) is 3.81. The average Bonchev–Trinajstić information content (AvgIpc) is 2.57. The Labute approximate surface area is 153 Å². The topological polar surface area (TPSA) is 101 Å². The van der Waals surface area contributed by atoms with Crippen molar-refractivity contribution in [1.82, 2.24) is 0 Å². The zero-order valence-corrected chi connectivity index (χ0v) is 14.8. The predicted molar refractivity (Wildman–Crippen MR) is 97.7 cm³/mol. The Hall–Kier alpha value is -2.94. The third-order valence-electron chi connectivity index (χ3n) is 3.27. The summed E-state index contributed by atoms with van der Waals surface area (Å²) in [6, 6.07) is 10.2. The van der Waals surface area contributed by atoms with Gasteiger partial charge in [-0.1, -0.05) is 0 Å². The standard InChI is InChI=1S/C17H16FN3O4S/c1-10(26-14-6-3-12(4-7-14)19-11(2)22)17(23)20-13-5-8-15(18)16(9-13)21(24)25/h3-10H,1-2H3,(H,19,22)(H,20,23)/t10-/m1/s1. The molecular weight excluding hydrogens is 361 g/mol. The first-order valence-electron chi connectivity index (χ1n) is 7.55. The van der Waals surface area contributed by atoms with Crippen molar-refractivity contribution in [3.63, 3.8) is 0 Å². The summed E-state index contributed by atoms with van der Waals surface area (Å²) in [5.74, 6) is -1.51. The van der Waals surface area contributed by atoms with Crippen LogP contribution in [0.15, 0.2) is 47.4 Å². The highest BCUT2D eigenvalue weighted by Crippen LogP contribution is 2.27. The molecule has 1 atom stereocenters. The van der Waals surface area contributed by atoms with Crippen LogP contribution in [-0.2, 0) is 9.59 Å². The first-order valence-corrected chi connectivity index (χ1v) is 8.43. The quantitative estimate of drug-likeness (QED) is 0.453. The molecule has 7 nitrogen and oxygen atoms in total. The molecule has 0 unspecified atom stereocenters. The van der Waals surface area contributed by atoms with Crippen molar-refractivity contribution in [1.29, 1.82) is 0 Å². The van der Waals surface area contributed by atoms with Crippen LogP contribution in [0.5, 0.6) is 0 Å². The van der Waals surface area contributed by atoms with Crippen LogP contribution >= 0.6 is 11.8 Å². The van der Waals surface area contributed by atoms with E-state index < -0.39 is 21.7 Å². The number of carbonyl (C=O) groups is 2. The molecule has 26 heavy (non-hydrogen) atoms. The molecule has 0 aliphatic carbocycles. The molecule has 2 N–H and O–H groups in total. The number of carbonyl (C=O) groups excluding carboxylic acids is 2. The zero-order chi connectivity index (χ0) is 19.3. The van der Waals surface area contributed by atoms with Gasteiger partial charge < -0.3 is 10.6 Å². The number of thioether (sulfide) groups is 1. The number of amides is 2. The van der Waals surface area contributed by atoms with Gasteiger partial charge in [0.15, 0.2) is 0 Å². The molecular formula is C17H16FN3O4S. The lowest BCUT2D eigenvalue weighted by molar-refractivity contribution is -0.387. The zero-order valence-electron chi connectivity index (χ0n) is 14.0. The number of halogens is 1. The molecule has 0 aliphatic rings. The molecule has 0 aliphatic heterocycles. The van der Waals surface area contributed by atoms with Gasteiger partial charge in [0.2, 0.25) is 17.6 Å². The van der Waals surface area contributed by atoms with Gasteiger partial charge in [-0.05, 0) is 43.3 Å². The molecule has 136 valence electrons. The molecule has 2 aromatic rings. The van der Waals surface area contributed by atoms with Crippen LogP contribution in [0.1, 0.15) is 13.8 Å². The van der Waals surface area contributed by atoms with Crippen molar-refractivity contribution in [2.24, 2.45) is 0 Å². The van der Waals surface area contributed by atoms with E-state index in [9.17, 15) is 24.1 Å². The molecule has 0 saturated heterocycles. The van der Waals surface area contributed by atoms with E-state index in [4.69, 9.17) is 0 Å². The Kier molecular flexibility index (Phi) is 6.29. The van der Waals surface area contributed by atoms with Gasteiger partial charge in [0.1, 0.15) is 0 Å². The smallest absolute Gasteiger partial charge is 0.306 e. The van der Waals surface area contributed by atoms with Crippen molar-refractivity contribution in [2.75, 3.05) is 10.6 Å². The Morgan fingerprint density at radius 1 is 1.12 bits per heavy atom. The van der Waals surface area contributed by atoms with E-state index >= 15 is 0 Å². The van der Waals surface area contributed by atoms with E-state index in [0.717, 1.165) is 17.0 Å². The third kappa shape index (κ3) is 5.28. The Bertz CT molecular complexity index is 842. The minimum atomic E-state index is -0.963. The van der Waals surface area contributed by atoms with Gasteiger partial charge >= 0.3 is 5.69 Å². The first-order chi connectivity index (χ1) is 12.3. The summed E-state index contributed by atoms with van der Waals surface area (Å²) in [5, 5.41) is 15.4. The lowest BCUT2D eigenvalue weighted by Gasteiger charge is -2.12. The number of hydrogen-bond acceptors (Lipinski definition) is 5. The van der Waals surface area contributed by atoms with Crippen molar-refractivity contribution in [3.8, 4) is 0 Å². The van der Waals surface area contributed by atoms with Gasteiger partial charge in [0.05, 0.1) is 10.2 Å². The lowest BCUT2D eigenvalue weighted by Crippen LogP contribution is -2.22. The Balaban J connectivity index is 2.00. The highest BCUT2D eigenvalue weighted by atomic mass is 32.2. The van der Waals surface area contributed by atoms with Crippen LogP contribution in [0.4, 0.5) is 21.5 Å². The molecule has 0 fully saturated rings. The molecule has 0 bridgehead atoms. The maximum absolute atomic E-state index is 13.3. The second-order valence-corrected chi connectivity index (χ2v) is 6.79. The Morgan fingerprint density at radius 3 is 2.31 bits per heavy atom. The highest BCUT2D eigenvalue weighted by molar-refractivity contribution is 8.00. The van der Waals surface area contributed by atoms with E-state index in [1.807, 2.05) is 0 Å². The number of rotatable bonds is 6. The monoisotopic (exact) mass is 377 g/mol. The normalized spacial score (nSPS) is 11.5. The van der Waals surface area contributed by atoms with E-state index in [-0.39, 0.29) is 17.5 Å². The van der Waals surface area contributed by atoms with Crippen molar-refractivity contribution in [2.45, 2.75) is 24.0 Å². The SMILES string of the molecule is CC(=O)Nc1ccc(S[C@H](C)C(=O)Nc2ccc(F)c([N+](=O)[O-])c2)cc1. The second kappa shape index (κ2) is 8.43. The number of hydrogen-bond donors (Lipinski definition) is 2. The molecule has 0 aromatic heterocycles. The fraction of sp³-hybridized carbons (Fsp3) is 0.176. The van der Waals surface area contributed by atoms with Crippen molar-refractivity contribution < 1.29 is 18.9 Å². The summed E-state index contributed by atoms with van der Waals surface area (Å²) in [7, 11) is 0. The van der Waals surface area contributed by atoms with Gasteiger partial charge in [-0.3, -0.25) is 19.7 Å². The molecule has 2 aromatic carbocycles. The molecule has 2 rings (SSSR count). The number of benzene rings is 2. The number of nitro groups is 1. The second-order valence-electron chi connectivity index (χ2n) is 5.38. The first kappa shape index (κ1) is 19.4. The summed E-state index contributed by atoms with van der Waals surface area (Å²) >= 11 is 1.28. The summed E-state index contributed by atoms with van der Waals surface area (Å²) in [6.45, 7) is 3.09. The number of nitrogens with zero attached hydrogens (tertiary/aromatic N) is 1. The van der Waals surface area contributed by atoms with Gasteiger partial charge in [-0.15, -0.1) is 11.8 Å². The molecule has 9 heteroatoms. The van der Waals surface area contributed by atoms with Crippen LogP contribution in [0.25, 0.3) is 0 Å². The summed E-state index contributed by atoms with van der Waals surface area (Å²) in [4.78, 5) is 33.9. The van der Waals surface area contributed by atoms with E-state index in [2.05, 4.69) is 10.6 Å². The summed E-state index contributed by atoms with van der Waals surface area (Å²) in [5.41, 5.74) is 0.103. The summed E-state index contributed by atoms with van der Waals surface area (Å²) in [6.07, 6.45) is 0. The van der Waals surface area contributed by atoms with Crippen LogP contribution in [0.3, 0.4) is 0 Å². The van der Waals surface area contributed by atoms with Crippen molar-refractivity contribution in [3.05, 3.63) is 58.4 Å². The van der Waals surface area contributed by atoms with Crippen LogP contribution < -0.4 is 10.6 Å². The van der Waals surface area contributed by atoms with Crippen LogP contribution in [0, 0.1) is 15.9 Å². The van der Waals surface area contributed by atoms with Gasteiger partial charge in [-0.2, -0.15) is 4.39 Å². The molecule has 0 radical (unpaired) electrons. The molecule has 0 heterocycles. The summed E-state index contributed by atoms with van der Waals surface area (Å²) < 4.78 is 13.3. The van der Waals surface area contributed by atoms with Gasteiger partial charge in [0, 0.05) is 29.3 Å². The van der Waals surface area contributed by atoms with E-state index in [1.165, 1.54) is 24.8 Å². The average molecular weight is 377 g/mol. The number of nitrogens with one attached hydrogen (secondary N) is 2. The highest BCUT2D eigenvalue weighted by Gasteiger charge is 2.18. The number of nitro benzene ring substituents is 1. The molecule has 0 saturated carbocycles. The maximum Gasteiger partial charge on any atom is 0.306 e. The largest absolute Gasteiger partial charge is 0.326 e. The minimum Gasteiger partial charge on any atom is -0.326 e. The van der Waals surface area contributed by atoms with Gasteiger partial charge in [0.25, 0.3) is 0 Å². The third-order valence-corrected chi connectivity index (χ3v) is 4.38. The maximum atomic E-state index is 13.3. The fourth-order valence-electron chi connectivity index (χ4n) is 2.05.